The van der Waals surface area contributed by atoms with E-state index in [4.69, 9.17) is 0 Å². The standard InChI is InChI=1S/C14H21N3O4S/c1-9-4-5-10(2)14(13(9)17(18)19)22(20,21)16-12-6-7-15-8-11(12)3/h4-5,11-12,15-16H,6-8H2,1-3H3. The summed E-state index contributed by atoms with van der Waals surface area (Å²) >= 11 is 0. The van der Waals surface area contributed by atoms with Crippen molar-refractivity contribution < 1.29 is 13.3 Å². The van der Waals surface area contributed by atoms with E-state index < -0.39 is 14.9 Å². The lowest BCUT2D eigenvalue weighted by Gasteiger charge is -2.30. The first-order valence-electron chi connectivity index (χ1n) is 7.21. The average Bonchev–Trinajstić information content (AvgIpc) is 2.43. The van der Waals surface area contributed by atoms with Crippen molar-refractivity contribution in [1.82, 2.24) is 10.0 Å². The molecule has 0 bridgehead atoms. The van der Waals surface area contributed by atoms with Gasteiger partial charge in [0.25, 0.3) is 5.69 Å². The molecule has 1 fully saturated rings. The molecule has 22 heavy (non-hydrogen) atoms. The Morgan fingerprint density at radius 3 is 2.55 bits per heavy atom. The third-order valence-electron chi connectivity index (χ3n) is 4.07. The Bertz CT molecular complexity index is 688. The summed E-state index contributed by atoms with van der Waals surface area (Å²) in [5.74, 6) is 0.132. The molecule has 1 aromatic carbocycles. The Morgan fingerprint density at radius 2 is 1.95 bits per heavy atom. The van der Waals surface area contributed by atoms with Gasteiger partial charge < -0.3 is 5.32 Å². The molecular weight excluding hydrogens is 306 g/mol. The van der Waals surface area contributed by atoms with Crippen molar-refractivity contribution in [1.29, 1.82) is 0 Å². The number of nitro groups is 1. The van der Waals surface area contributed by atoms with Crippen LogP contribution in [0.4, 0.5) is 5.69 Å². The molecule has 2 N–H and O–H groups in total. The van der Waals surface area contributed by atoms with Crippen molar-refractivity contribution in [3.05, 3.63) is 33.4 Å². The second kappa shape index (κ2) is 6.31. The fourth-order valence-corrected chi connectivity index (χ4v) is 4.63. The molecular formula is C14H21N3O4S. The molecule has 0 saturated carbocycles. The summed E-state index contributed by atoms with van der Waals surface area (Å²) in [6.45, 7) is 6.53. The molecule has 8 heteroatoms. The summed E-state index contributed by atoms with van der Waals surface area (Å²) in [5, 5.41) is 14.5. The minimum absolute atomic E-state index is 0.132. The summed E-state index contributed by atoms with van der Waals surface area (Å²) in [7, 11) is -3.94. The van der Waals surface area contributed by atoms with Gasteiger partial charge in [-0.3, -0.25) is 10.1 Å². The molecule has 2 unspecified atom stereocenters. The number of nitrogens with one attached hydrogen (secondary N) is 2. The first-order chi connectivity index (χ1) is 10.2. The number of sulfonamides is 1. The second-order valence-corrected chi connectivity index (χ2v) is 7.48. The maximum atomic E-state index is 12.7. The predicted molar refractivity (Wildman–Crippen MR) is 83.3 cm³/mol. The van der Waals surface area contributed by atoms with E-state index in [0.29, 0.717) is 17.5 Å². The molecule has 0 amide bonds. The zero-order valence-electron chi connectivity index (χ0n) is 12.9. The molecule has 0 spiro atoms. The van der Waals surface area contributed by atoms with Crippen molar-refractivity contribution in [2.24, 2.45) is 5.92 Å². The van der Waals surface area contributed by atoms with Gasteiger partial charge in [-0.1, -0.05) is 19.1 Å². The SMILES string of the molecule is Cc1ccc(C)c(S(=O)(=O)NC2CCNCC2C)c1[N+](=O)[O-]. The monoisotopic (exact) mass is 327 g/mol. The van der Waals surface area contributed by atoms with Crippen LogP contribution in [0, 0.1) is 29.9 Å². The quantitative estimate of drug-likeness (QED) is 0.644. The topological polar surface area (TPSA) is 101 Å². The number of benzene rings is 1. The van der Waals surface area contributed by atoms with Gasteiger partial charge in [-0.2, -0.15) is 0 Å². The molecule has 1 aliphatic rings. The average molecular weight is 327 g/mol. The Morgan fingerprint density at radius 1 is 1.32 bits per heavy atom. The summed E-state index contributed by atoms with van der Waals surface area (Å²) in [4.78, 5) is 10.5. The molecule has 0 aliphatic carbocycles. The second-order valence-electron chi connectivity index (χ2n) is 5.83. The van der Waals surface area contributed by atoms with Crippen LogP contribution in [-0.4, -0.2) is 32.5 Å². The van der Waals surface area contributed by atoms with Crippen LogP contribution < -0.4 is 10.0 Å². The van der Waals surface area contributed by atoms with Crippen LogP contribution >= 0.6 is 0 Å². The van der Waals surface area contributed by atoms with E-state index in [9.17, 15) is 18.5 Å². The third kappa shape index (κ3) is 3.29. The van der Waals surface area contributed by atoms with Gasteiger partial charge >= 0.3 is 0 Å². The third-order valence-corrected chi connectivity index (χ3v) is 5.74. The maximum absolute atomic E-state index is 12.7. The van der Waals surface area contributed by atoms with Crippen molar-refractivity contribution in [2.45, 2.75) is 38.1 Å². The number of nitro benzene ring substituents is 1. The van der Waals surface area contributed by atoms with Crippen LogP contribution in [0.15, 0.2) is 17.0 Å². The lowest BCUT2D eigenvalue weighted by atomic mass is 9.97. The van der Waals surface area contributed by atoms with Crippen molar-refractivity contribution in [3.8, 4) is 0 Å². The summed E-state index contributed by atoms with van der Waals surface area (Å²) in [6.07, 6.45) is 0.666. The van der Waals surface area contributed by atoms with Gasteiger partial charge in [-0.05, 0) is 44.8 Å². The number of piperidine rings is 1. The maximum Gasteiger partial charge on any atom is 0.292 e. The van der Waals surface area contributed by atoms with Gasteiger partial charge in [0.1, 0.15) is 0 Å². The predicted octanol–water partition coefficient (Wildman–Crippen LogP) is 1.49. The van der Waals surface area contributed by atoms with E-state index in [-0.39, 0.29) is 22.5 Å². The molecule has 2 atom stereocenters. The number of rotatable bonds is 4. The van der Waals surface area contributed by atoms with Gasteiger partial charge in [0.05, 0.1) is 4.92 Å². The van der Waals surface area contributed by atoms with Crippen LogP contribution in [0.25, 0.3) is 0 Å². The van der Waals surface area contributed by atoms with E-state index in [2.05, 4.69) is 10.0 Å². The fourth-order valence-electron chi connectivity index (χ4n) is 2.78. The van der Waals surface area contributed by atoms with Crippen molar-refractivity contribution in [3.63, 3.8) is 0 Å². The Balaban J connectivity index is 2.45. The molecule has 7 nitrogen and oxygen atoms in total. The Kier molecular flexibility index (Phi) is 4.84. The molecule has 0 radical (unpaired) electrons. The lowest BCUT2D eigenvalue weighted by Crippen LogP contribution is -2.48. The number of hydrogen-bond acceptors (Lipinski definition) is 5. The molecule has 122 valence electrons. The highest BCUT2D eigenvalue weighted by Gasteiger charge is 2.33. The van der Waals surface area contributed by atoms with Crippen LogP contribution in [-0.2, 0) is 10.0 Å². The molecule has 2 rings (SSSR count). The van der Waals surface area contributed by atoms with Crippen LogP contribution in [0.5, 0.6) is 0 Å². The van der Waals surface area contributed by atoms with Gasteiger partial charge in [0.15, 0.2) is 4.90 Å². The largest absolute Gasteiger partial charge is 0.316 e. The van der Waals surface area contributed by atoms with Crippen LogP contribution in [0.1, 0.15) is 24.5 Å². The van der Waals surface area contributed by atoms with E-state index in [0.717, 1.165) is 13.1 Å². The van der Waals surface area contributed by atoms with E-state index in [1.54, 1.807) is 26.0 Å². The van der Waals surface area contributed by atoms with E-state index >= 15 is 0 Å². The molecule has 1 aromatic rings. The minimum atomic E-state index is -3.94. The van der Waals surface area contributed by atoms with Gasteiger partial charge in [-0.15, -0.1) is 0 Å². The van der Waals surface area contributed by atoms with Gasteiger partial charge in [-0.25, -0.2) is 13.1 Å². The first kappa shape index (κ1) is 16.9. The van der Waals surface area contributed by atoms with Gasteiger partial charge in [0.2, 0.25) is 10.0 Å². The normalized spacial score (nSPS) is 22.5. The summed E-state index contributed by atoms with van der Waals surface area (Å²) in [5.41, 5.74) is 0.384. The fraction of sp³-hybridized carbons (Fsp3) is 0.571. The van der Waals surface area contributed by atoms with E-state index in [1.165, 1.54) is 0 Å². The summed E-state index contributed by atoms with van der Waals surface area (Å²) < 4.78 is 28.1. The van der Waals surface area contributed by atoms with Crippen LogP contribution in [0.3, 0.4) is 0 Å². The molecule has 1 saturated heterocycles. The number of aryl methyl sites for hydroxylation is 2. The first-order valence-corrected chi connectivity index (χ1v) is 8.70. The van der Waals surface area contributed by atoms with E-state index in [1.807, 2.05) is 6.92 Å². The highest BCUT2D eigenvalue weighted by Crippen LogP contribution is 2.31. The molecule has 1 heterocycles. The zero-order chi connectivity index (χ0) is 16.5. The minimum Gasteiger partial charge on any atom is -0.316 e. The van der Waals surface area contributed by atoms with Crippen molar-refractivity contribution in [2.75, 3.05) is 13.1 Å². The highest BCUT2D eigenvalue weighted by atomic mass is 32.2. The van der Waals surface area contributed by atoms with Gasteiger partial charge in [0, 0.05) is 11.6 Å². The Hall–Kier alpha value is -1.51. The number of hydrogen-bond donors (Lipinski definition) is 2. The van der Waals surface area contributed by atoms with Crippen molar-refractivity contribution >= 4 is 15.7 Å². The highest BCUT2D eigenvalue weighted by molar-refractivity contribution is 7.89. The smallest absolute Gasteiger partial charge is 0.292 e. The Labute approximate surface area is 130 Å². The molecule has 1 aliphatic heterocycles. The lowest BCUT2D eigenvalue weighted by molar-refractivity contribution is -0.388. The van der Waals surface area contributed by atoms with Crippen LogP contribution in [0.2, 0.25) is 0 Å². The number of nitrogens with zero attached hydrogens (tertiary/aromatic N) is 1. The molecule has 0 aromatic heterocycles. The zero-order valence-corrected chi connectivity index (χ0v) is 13.7. The summed E-state index contributed by atoms with van der Waals surface area (Å²) in [6, 6.07) is 2.95.